The highest BCUT2D eigenvalue weighted by Gasteiger charge is 2.29. The van der Waals surface area contributed by atoms with Gasteiger partial charge in [-0.25, -0.2) is 9.59 Å². The standard InChI is InChI=1S/C21H31ClN2O4/c1-6-27-19(25)16-7-8-17(22)18(13-16)23-14(2)15-9-11-24(12-10-15)20(26)28-21(3,4)5/h7-8,13-15,23H,6,9-12H2,1-5H3. The number of hydrogen-bond donors (Lipinski definition) is 1. The number of amides is 1. The molecule has 1 aromatic rings. The van der Waals surface area contributed by atoms with Crippen LogP contribution in [0.3, 0.4) is 0 Å². The number of rotatable bonds is 5. The highest BCUT2D eigenvalue weighted by atomic mass is 35.5. The summed E-state index contributed by atoms with van der Waals surface area (Å²) in [7, 11) is 0. The van der Waals surface area contributed by atoms with Crippen molar-refractivity contribution in [3.63, 3.8) is 0 Å². The summed E-state index contributed by atoms with van der Waals surface area (Å²) in [5, 5.41) is 3.99. The van der Waals surface area contributed by atoms with Gasteiger partial charge >= 0.3 is 12.1 Å². The fraction of sp³-hybridized carbons (Fsp3) is 0.619. The molecule has 0 bridgehead atoms. The quantitative estimate of drug-likeness (QED) is 0.694. The number of carbonyl (C=O) groups excluding carboxylic acids is 2. The van der Waals surface area contributed by atoms with E-state index in [1.54, 1.807) is 30.0 Å². The smallest absolute Gasteiger partial charge is 0.410 e. The van der Waals surface area contributed by atoms with Crippen molar-refractivity contribution in [3.05, 3.63) is 28.8 Å². The zero-order valence-corrected chi connectivity index (χ0v) is 18.1. The molecule has 0 saturated carbocycles. The number of ether oxygens (including phenoxy) is 2. The van der Waals surface area contributed by atoms with Crippen molar-refractivity contribution in [1.82, 2.24) is 4.90 Å². The number of carbonyl (C=O) groups is 2. The Morgan fingerprint density at radius 3 is 2.50 bits per heavy atom. The highest BCUT2D eigenvalue weighted by Crippen LogP contribution is 2.28. The third-order valence-corrected chi connectivity index (χ3v) is 5.09. The molecule has 28 heavy (non-hydrogen) atoms. The van der Waals surface area contributed by atoms with Gasteiger partial charge in [-0.1, -0.05) is 11.6 Å². The van der Waals surface area contributed by atoms with Crippen molar-refractivity contribution in [2.75, 3.05) is 25.0 Å². The summed E-state index contributed by atoms with van der Waals surface area (Å²) in [6, 6.07) is 5.24. The Morgan fingerprint density at radius 1 is 1.29 bits per heavy atom. The van der Waals surface area contributed by atoms with E-state index >= 15 is 0 Å². The van der Waals surface area contributed by atoms with E-state index < -0.39 is 5.60 Å². The lowest BCUT2D eigenvalue weighted by Gasteiger charge is -2.36. The normalized spacial score (nSPS) is 16.4. The number of nitrogens with zero attached hydrogens (tertiary/aromatic N) is 1. The minimum Gasteiger partial charge on any atom is -0.462 e. The molecule has 1 aromatic carbocycles. The summed E-state index contributed by atoms with van der Waals surface area (Å²) >= 11 is 6.30. The van der Waals surface area contributed by atoms with Gasteiger partial charge in [0.05, 0.1) is 22.9 Å². The molecule has 6 nitrogen and oxygen atoms in total. The SMILES string of the molecule is CCOC(=O)c1ccc(Cl)c(NC(C)C2CCN(C(=O)OC(C)(C)C)CC2)c1. The summed E-state index contributed by atoms with van der Waals surface area (Å²) in [4.78, 5) is 25.9. The Morgan fingerprint density at radius 2 is 1.93 bits per heavy atom. The second-order valence-corrected chi connectivity index (χ2v) is 8.56. The average molecular weight is 411 g/mol. The van der Waals surface area contributed by atoms with Crippen molar-refractivity contribution in [2.45, 2.75) is 59.1 Å². The van der Waals surface area contributed by atoms with Gasteiger partial charge in [-0.05, 0) is 71.6 Å². The second-order valence-electron chi connectivity index (χ2n) is 8.15. The maximum absolute atomic E-state index is 12.2. The molecule has 156 valence electrons. The molecule has 1 aliphatic rings. The number of nitrogens with one attached hydrogen (secondary N) is 1. The fourth-order valence-corrected chi connectivity index (χ4v) is 3.42. The summed E-state index contributed by atoms with van der Waals surface area (Å²) in [6.45, 7) is 11.2. The molecular formula is C21H31ClN2O4. The van der Waals surface area contributed by atoms with E-state index in [2.05, 4.69) is 12.2 Å². The topological polar surface area (TPSA) is 67.9 Å². The molecule has 1 amide bonds. The first kappa shape index (κ1) is 22.3. The van der Waals surface area contributed by atoms with Gasteiger partial charge in [0.25, 0.3) is 0 Å². The Balaban J connectivity index is 1.94. The number of piperidine rings is 1. The minimum atomic E-state index is -0.483. The molecule has 7 heteroatoms. The van der Waals surface area contributed by atoms with E-state index in [4.69, 9.17) is 21.1 Å². The predicted octanol–water partition coefficient (Wildman–Crippen LogP) is 4.96. The number of halogens is 1. The van der Waals surface area contributed by atoms with Crippen LogP contribution in [0.1, 0.15) is 57.8 Å². The van der Waals surface area contributed by atoms with E-state index in [0.717, 1.165) is 12.8 Å². The molecule has 1 heterocycles. The van der Waals surface area contributed by atoms with Gasteiger partial charge in [-0.2, -0.15) is 0 Å². The van der Waals surface area contributed by atoms with Gasteiger partial charge < -0.3 is 19.7 Å². The van der Waals surface area contributed by atoms with Crippen molar-refractivity contribution < 1.29 is 19.1 Å². The highest BCUT2D eigenvalue weighted by molar-refractivity contribution is 6.33. The first-order valence-corrected chi connectivity index (χ1v) is 10.2. The number of esters is 1. The number of benzene rings is 1. The molecule has 1 atom stereocenters. The molecular weight excluding hydrogens is 380 g/mol. The molecule has 1 saturated heterocycles. The maximum atomic E-state index is 12.2. The van der Waals surface area contributed by atoms with E-state index in [9.17, 15) is 9.59 Å². The lowest BCUT2D eigenvalue weighted by molar-refractivity contribution is 0.0179. The molecule has 1 unspecified atom stereocenters. The number of likely N-dealkylation sites (tertiary alicyclic amines) is 1. The Kier molecular flexibility index (Phi) is 7.58. The molecule has 0 spiro atoms. The third-order valence-electron chi connectivity index (χ3n) is 4.76. The lowest BCUT2D eigenvalue weighted by atomic mass is 9.90. The summed E-state index contributed by atoms with van der Waals surface area (Å²) in [5.41, 5.74) is 0.707. The largest absolute Gasteiger partial charge is 0.462 e. The minimum absolute atomic E-state index is 0.149. The number of anilines is 1. The molecule has 2 rings (SSSR count). The summed E-state index contributed by atoms with van der Waals surface area (Å²) in [6.07, 6.45) is 1.50. The van der Waals surface area contributed by atoms with Gasteiger partial charge in [-0.15, -0.1) is 0 Å². The third kappa shape index (κ3) is 6.30. The molecule has 1 N–H and O–H groups in total. The van der Waals surface area contributed by atoms with Crippen LogP contribution < -0.4 is 5.32 Å². The van der Waals surface area contributed by atoms with Gasteiger partial charge in [0.1, 0.15) is 5.60 Å². The first-order chi connectivity index (χ1) is 13.1. The Hall–Kier alpha value is -1.95. The van der Waals surface area contributed by atoms with Crippen LogP contribution in [0.5, 0.6) is 0 Å². The van der Waals surface area contributed by atoms with Crippen LogP contribution in [0.4, 0.5) is 10.5 Å². The first-order valence-electron chi connectivity index (χ1n) is 9.82. The van der Waals surface area contributed by atoms with Crippen molar-refractivity contribution in [3.8, 4) is 0 Å². The second kappa shape index (κ2) is 9.50. The molecule has 0 aliphatic carbocycles. The summed E-state index contributed by atoms with van der Waals surface area (Å²) < 4.78 is 10.5. The van der Waals surface area contributed by atoms with Crippen molar-refractivity contribution >= 4 is 29.4 Å². The lowest BCUT2D eigenvalue weighted by Crippen LogP contribution is -2.44. The van der Waals surface area contributed by atoms with Gasteiger partial charge in [-0.3, -0.25) is 0 Å². The van der Waals surface area contributed by atoms with Crippen LogP contribution >= 0.6 is 11.6 Å². The van der Waals surface area contributed by atoms with Crippen LogP contribution in [-0.2, 0) is 9.47 Å². The zero-order valence-electron chi connectivity index (χ0n) is 17.4. The summed E-state index contributed by atoms with van der Waals surface area (Å²) in [5.74, 6) is 0.0292. The van der Waals surface area contributed by atoms with E-state index in [0.29, 0.717) is 41.9 Å². The monoisotopic (exact) mass is 410 g/mol. The Bertz CT molecular complexity index is 694. The zero-order chi connectivity index (χ0) is 20.9. The maximum Gasteiger partial charge on any atom is 0.410 e. The van der Waals surface area contributed by atoms with E-state index in [1.807, 2.05) is 20.8 Å². The predicted molar refractivity (Wildman–Crippen MR) is 111 cm³/mol. The van der Waals surface area contributed by atoms with Crippen LogP contribution in [0.25, 0.3) is 0 Å². The Labute approximate surface area is 172 Å². The molecule has 0 aromatic heterocycles. The average Bonchev–Trinajstić information content (AvgIpc) is 2.62. The molecule has 1 aliphatic heterocycles. The number of hydrogen-bond acceptors (Lipinski definition) is 5. The van der Waals surface area contributed by atoms with Crippen molar-refractivity contribution in [1.29, 1.82) is 0 Å². The van der Waals surface area contributed by atoms with Gasteiger partial charge in [0.2, 0.25) is 0 Å². The van der Waals surface area contributed by atoms with Crippen LogP contribution in [0.15, 0.2) is 18.2 Å². The van der Waals surface area contributed by atoms with Crippen LogP contribution in [-0.4, -0.2) is 48.3 Å². The van der Waals surface area contributed by atoms with E-state index in [1.165, 1.54) is 0 Å². The van der Waals surface area contributed by atoms with E-state index in [-0.39, 0.29) is 18.1 Å². The van der Waals surface area contributed by atoms with Crippen LogP contribution in [0, 0.1) is 5.92 Å². The fourth-order valence-electron chi connectivity index (χ4n) is 3.25. The van der Waals surface area contributed by atoms with Gasteiger partial charge in [0.15, 0.2) is 0 Å². The molecule has 0 radical (unpaired) electrons. The van der Waals surface area contributed by atoms with Crippen LogP contribution in [0.2, 0.25) is 5.02 Å². The molecule has 1 fully saturated rings. The van der Waals surface area contributed by atoms with Gasteiger partial charge in [0, 0.05) is 19.1 Å². The van der Waals surface area contributed by atoms with Crippen molar-refractivity contribution in [2.24, 2.45) is 5.92 Å².